The van der Waals surface area contributed by atoms with Crippen LogP contribution >= 0.6 is 22.6 Å². The number of aryl methyl sites for hydroxylation is 1. The van der Waals surface area contributed by atoms with E-state index < -0.39 is 0 Å². The Hall–Kier alpha value is -1.11. The molecule has 1 atom stereocenters. The highest BCUT2D eigenvalue weighted by Gasteiger charge is 2.38. The monoisotopic (exact) mass is 412 g/mol. The van der Waals surface area contributed by atoms with Crippen LogP contribution in [0.3, 0.4) is 0 Å². The molecule has 2 aliphatic rings. The van der Waals surface area contributed by atoms with Gasteiger partial charge in [0.25, 0.3) is 0 Å². The molecule has 2 fully saturated rings. The number of hydrogen-bond acceptors (Lipinski definition) is 2. The minimum atomic E-state index is -0.216. The standard InChI is InChI=1S/C17H21IN2O2/c1-11-6-7-13(9-15(11)18)19-17(22)12-8-16(21)20(10-12)14-4-2-3-5-14/h6-7,9,12,14H,2-5,8,10H2,1H3,(H,19,22)/t12-/m1/s1. The van der Waals surface area contributed by atoms with E-state index in [1.807, 2.05) is 30.0 Å². The van der Waals surface area contributed by atoms with Crippen LogP contribution in [0.15, 0.2) is 18.2 Å². The second-order valence-electron chi connectivity index (χ2n) is 6.34. The summed E-state index contributed by atoms with van der Waals surface area (Å²) in [7, 11) is 0. The summed E-state index contributed by atoms with van der Waals surface area (Å²) < 4.78 is 1.13. The predicted octanol–water partition coefficient (Wildman–Crippen LogP) is 3.33. The van der Waals surface area contributed by atoms with E-state index in [4.69, 9.17) is 0 Å². The van der Waals surface area contributed by atoms with Crippen LogP contribution in [0.2, 0.25) is 0 Å². The first-order valence-electron chi connectivity index (χ1n) is 7.91. The molecule has 3 rings (SSSR count). The minimum Gasteiger partial charge on any atom is -0.339 e. The SMILES string of the molecule is Cc1ccc(NC(=O)[C@@H]2CC(=O)N(C3CCCC3)C2)cc1I. The number of amides is 2. The van der Waals surface area contributed by atoms with Gasteiger partial charge in [-0.05, 0) is 60.1 Å². The second kappa shape index (κ2) is 6.56. The molecule has 1 N–H and O–H groups in total. The molecule has 0 aromatic heterocycles. The molecule has 2 amide bonds. The Kier molecular flexibility index (Phi) is 4.70. The molecular formula is C17H21IN2O2. The molecule has 0 bridgehead atoms. The quantitative estimate of drug-likeness (QED) is 0.775. The molecule has 1 saturated heterocycles. The Balaban J connectivity index is 1.63. The van der Waals surface area contributed by atoms with Crippen molar-refractivity contribution in [2.45, 2.75) is 45.1 Å². The fourth-order valence-electron chi connectivity index (χ4n) is 3.39. The molecule has 1 saturated carbocycles. The molecule has 1 heterocycles. The van der Waals surface area contributed by atoms with Crippen molar-refractivity contribution < 1.29 is 9.59 Å². The average molecular weight is 412 g/mol. The van der Waals surface area contributed by atoms with E-state index in [0.29, 0.717) is 19.0 Å². The van der Waals surface area contributed by atoms with E-state index in [2.05, 4.69) is 27.9 Å². The lowest BCUT2D eigenvalue weighted by molar-refractivity contribution is -0.129. The third-order valence-corrected chi connectivity index (χ3v) is 5.90. The zero-order chi connectivity index (χ0) is 15.7. The van der Waals surface area contributed by atoms with Crippen LogP contribution in [0.1, 0.15) is 37.7 Å². The Morgan fingerprint density at radius 1 is 1.32 bits per heavy atom. The van der Waals surface area contributed by atoms with Crippen molar-refractivity contribution in [1.82, 2.24) is 4.90 Å². The van der Waals surface area contributed by atoms with E-state index in [9.17, 15) is 9.59 Å². The van der Waals surface area contributed by atoms with Crippen molar-refractivity contribution in [3.05, 3.63) is 27.3 Å². The van der Waals surface area contributed by atoms with Gasteiger partial charge in [-0.25, -0.2) is 0 Å². The van der Waals surface area contributed by atoms with E-state index in [0.717, 1.165) is 22.1 Å². The maximum absolute atomic E-state index is 12.4. The summed E-state index contributed by atoms with van der Waals surface area (Å²) in [4.78, 5) is 26.5. The first-order valence-corrected chi connectivity index (χ1v) is 8.99. The minimum absolute atomic E-state index is 0.0338. The van der Waals surface area contributed by atoms with E-state index >= 15 is 0 Å². The molecule has 5 heteroatoms. The van der Waals surface area contributed by atoms with Crippen LogP contribution < -0.4 is 5.32 Å². The van der Waals surface area contributed by atoms with Gasteiger partial charge in [-0.3, -0.25) is 9.59 Å². The van der Waals surface area contributed by atoms with Gasteiger partial charge >= 0.3 is 0 Å². The van der Waals surface area contributed by atoms with E-state index in [-0.39, 0.29) is 17.7 Å². The van der Waals surface area contributed by atoms with Crippen molar-refractivity contribution >= 4 is 40.1 Å². The summed E-state index contributed by atoms with van der Waals surface area (Å²) in [6, 6.07) is 6.26. The lowest BCUT2D eigenvalue weighted by atomic mass is 10.1. The lowest BCUT2D eigenvalue weighted by Crippen LogP contribution is -2.35. The number of likely N-dealkylation sites (tertiary alicyclic amines) is 1. The predicted molar refractivity (Wildman–Crippen MR) is 94.6 cm³/mol. The molecule has 1 aromatic carbocycles. The second-order valence-corrected chi connectivity index (χ2v) is 7.50. The van der Waals surface area contributed by atoms with Crippen LogP contribution in [-0.4, -0.2) is 29.3 Å². The van der Waals surface area contributed by atoms with Crippen molar-refractivity contribution in [1.29, 1.82) is 0 Å². The highest BCUT2D eigenvalue weighted by atomic mass is 127. The van der Waals surface area contributed by atoms with E-state index in [1.165, 1.54) is 18.4 Å². The maximum Gasteiger partial charge on any atom is 0.229 e. The molecule has 1 aromatic rings. The highest BCUT2D eigenvalue weighted by molar-refractivity contribution is 14.1. The summed E-state index contributed by atoms with van der Waals surface area (Å²) in [5.41, 5.74) is 2.01. The summed E-state index contributed by atoms with van der Waals surface area (Å²) in [6.45, 7) is 2.63. The summed E-state index contributed by atoms with van der Waals surface area (Å²) in [5.74, 6) is -0.105. The Morgan fingerprint density at radius 2 is 2.05 bits per heavy atom. The van der Waals surface area contributed by atoms with Crippen LogP contribution in [-0.2, 0) is 9.59 Å². The summed E-state index contributed by atoms with van der Waals surface area (Å²) >= 11 is 2.26. The molecular weight excluding hydrogens is 391 g/mol. The first kappa shape index (κ1) is 15.8. The molecule has 0 unspecified atom stereocenters. The van der Waals surface area contributed by atoms with Gasteiger partial charge in [0.1, 0.15) is 0 Å². The maximum atomic E-state index is 12.4. The van der Waals surface area contributed by atoms with Crippen LogP contribution in [0.5, 0.6) is 0 Å². The number of benzene rings is 1. The zero-order valence-corrected chi connectivity index (χ0v) is 14.9. The van der Waals surface area contributed by atoms with Crippen LogP contribution in [0, 0.1) is 16.4 Å². The van der Waals surface area contributed by atoms with Crippen molar-refractivity contribution in [3.63, 3.8) is 0 Å². The van der Waals surface area contributed by atoms with Gasteiger partial charge in [0.15, 0.2) is 0 Å². The molecule has 4 nitrogen and oxygen atoms in total. The highest BCUT2D eigenvalue weighted by Crippen LogP contribution is 2.30. The third-order valence-electron chi connectivity index (χ3n) is 4.73. The Bertz CT molecular complexity index is 596. The van der Waals surface area contributed by atoms with Crippen LogP contribution in [0.25, 0.3) is 0 Å². The van der Waals surface area contributed by atoms with Gasteiger partial charge in [-0.1, -0.05) is 18.9 Å². The van der Waals surface area contributed by atoms with Gasteiger partial charge in [0.05, 0.1) is 5.92 Å². The number of carbonyl (C=O) groups is 2. The number of anilines is 1. The van der Waals surface area contributed by atoms with Crippen molar-refractivity contribution in [2.75, 3.05) is 11.9 Å². The zero-order valence-electron chi connectivity index (χ0n) is 12.8. The number of halogens is 1. The third kappa shape index (κ3) is 3.29. The smallest absolute Gasteiger partial charge is 0.229 e. The van der Waals surface area contributed by atoms with Gasteiger partial charge in [0.2, 0.25) is 11.8 Å². The first-order chi connectivity index (χ1) is 10.5. The Morgan fingerprint density at radius 3 is 2.73 bits per heavy atom. The number of carbonyl (C=O) groups excluding carboxylic acids is 2. The molecule has 1 aliphatic heterocycles. The molecule has 0 spiro atoms. The molecule has 0 radical (unpaired) electrons. The number of nitrogens with one attached hydrogen (secondary N) is 1. The molecule has 1 aliphatic carbocycles. The average Bonchev–Trinajstić information content (AvgIpc) is 3.12. The van der Waals surface area contributed by atoms with Gasteiger partial charge < -0.3 is 10.2 Å². The number of nitrogens with zero attached hydrogens (tertiary/aromatic N) is 1. The number of rotatable bonds is 3. The van der Waals surface area contributed by atoms with Gasteiger partial charge in [-0.15, -0.1) is 0 Å². The van der Waals surface area contributed by atoms with Crippen LogP contribution in [0.4, 0.5) is 5.69 Å². The number of hydrogen-bond donors (Lipinski definition) is 1. The molecule has 22 heavy (non-hydrogen) atoms. The summed E-state index contributed by atoms with van der Waals surface area (Å²) in [6.07, 6.45) is 4.94. The van der Waals surface area contributed by atoms with Crippen molar-refractivity contribution in [3.8, 4) is 0 Å². The normalized spacial score (nSPS) is 22.4. The Labute approximate surface area is 144 Å². The fourth-order valence-corrected chi connectivity index (χ4v) is 3.91. The van der Waals surface area contributed by atoms with Gasteiger partial charge in [0, 0.05) is 28.3 Å². The van der Waals surface area contributed by atoms with Crippen molar-refractivity contribution in [2.24, 2.45) is 5.92 Å². The largest absolute Gasteiger partial charge is 0.339 e. The van der Waals surface area contributed by atoms with Gasteiger partial charge in [-0.2, -0.15) is 0 Å². The fraction of sp³-hybridized carbons (Fsp3) is 0.529. The summed E-state index contributed by atoms with van der Waals surface area (Å²) in [5, 5.41) is 2.96. The van der Waals surface area contributed by atoms with E-state index in [1.54, 1.807) is 0 Å². The lowest BCUT2D eigenvalue weighted by Gasteiger charge is -2.23. The topological polar surface area (TPSA) is 49.4 Å². The molecule has 118 valence electrons.